The molecule has 10 heteroatoms. The number of ether oxygens (including phenoxy) is 1. The van der Waals surface area contributed by atoms with E-state index >= 15 is 0 Å². The van der Waals surface area contributed by atoms with Crippen molar-refractivity contribution in [1.29, 1.82) is 0 Å². The van der Waals surface area contributed by atoms with Gasteiger partial charge in [-0.25, -0.2) is 13.2 Å². The summed E-state index contributed by atoms with van der Waals surface area (Å²) in [7, 11) is -3.80. The molecule has 2 aromatic carbocycles. The fourth-order valence-electron chi connectivity index (χ4n) is 2.58. The zero-order valence-electron chi connectivity index (χ0n) is 15.4. The summed E-state index contributed by atoms with van der Waals surface area (Å²) >= 11 is 1.08. The third-order valence-electron chi connectivity index (χ3n) is 3.98. The van der Waals surface area contributed by atoms with Crippen LogP contribution in [0.5, 0.6) is 0 Å². The standard InChI is InChI=1S/C20H15N3O5S2/c24-20(27-13-17-21-19(22-28-17)14-7-2-1-3-8-14)15-9-4-5-10-16(15)23-30(25,26)18-11-6-12-29-18/h1-12,23H,13H2. The Hall–Kier alpha value is -3.50. The molecule has 2 aromatic heterocycles. The van der Waals surface area contributed by atoms with Crippen LogP contribution in [-0.4, -0.2) is 24.5 Å². The molecule has 0 unspecified atom stereocenters. The number of aromatic nitrogens is 2. The van der Waals surface area contributed by atoms with Crippen LogP contribution in [0.3, 0.4) is 0 Å². The number of carbonyl (C=O) groups is 1. The summed E-state index contributed by atoms with van der Waals surface area (Å²) in [6.45, 7) is -0.245. The minimum absolute atomic E-state index is 0.0698. The lowest BCUT2D eigenvalue weighted by Gasteiger charge is -2.10. The van der Waals surface area contributed by atoms with Gasteiger partial charge in [-0.3, -0.25) is 4.72 Å². The van der Waals surface area contributed by atoms with Crippen LogP contribution in [0.25, 0.3) is 11.4 Å². The largest absolute Gasteiger partial charge is 0.452 e. The number of sulfonamides is 1. The summed E-state index contributed by atoms with van der Waals surface area (Å²) < 4.78 is 37.9. The summed E-state index contributed by atoms with van der Waals surface area (Å²) in [5.41, 5.74) is 0.957. The van der Waals surface area contributed by atoms with Crippen molar-refractivity contribution in [2.24, 2.45) is 0 Å². The molecule has 0 aliphatic heterocycles. The number of carbonyl (C=O) groups excluding carboxylic acids is 1. The minimum atomic E-state index is -3.80. The first-order valence-corrected chi connectivity index (χ1v) is 11.1. The van der Waals surface area contributed by atoms with Crippen molar-refractivity contribution < 1.29 is 22.5 Å². The number of nitrogens with one attached hydrogen (secondary N) is 1. The van der Waals surface area contributed by atoms with Crippen LogP contribution in [0.4, 0.5) is 5.69 Å². The van der Waals surface area contributed by atoms with Gasteiger partial charge in [0.2, 0.25) is 5.82 Å². The molecule has 30 heavy (non-hydrogen) atoms. The molecule has 0 amide bonds. The SMILES string of the molecule is O=C(OCc1nc(-c2ccccc2)no1)c1ccccc1NS(=O)(=O)c1cccs1. The topological polar surface area (TPSA) is 111 Å². The fourth-order valence-corrected chi connectivity index (χ4v) is 4.66. The molecule has 0 saturated carbocycles. The lowest BCUT2D eigenvalue weighted by atomic mass is 10.2. The van der Waals surface area contributed by atoms with Crippen LogP contribution in [0.2, 0.25) is 0 Å². The normalized spacial score (nSPS) is 11.2. The van der Waals surface area contributed by atoms with Crippen LogP contribution in [0.1, 0.15) is 16.2 Å². The zero-order chi connectivity index (χ0) is 21.0. The van der Waals surface area contributed by atoms with Crippen molar-refractivity contribution in [1.82, 2.24) is 10.1 Å². The molecule has 4 aromatic rings. The molecule has 0 saturated heterocycles. The maximum Gasteiger partial charge on any atom is 0.340 e. The highest BCUT2D eigenvalue weighted by atomic mass is 32.2. The minimum Gasteiger partial charge on any atom is -0.452 e. The van der Waals surface area contributed by atoms with Gasteiger partial charge in [0.15, 0.2) is 6.61 Å². The van der Waals surface area contributed by atoms with Crippen LogP contribution < -0.4 is 4.72 Å². The summed E-state index contributed by atoms with van der Waals surface area (Å²) in [4.78, 5) is 16.7. The monoisotopic (exact) mass is 441 g/mol. The van der Waals surface area contributed by atoms with Crippen molar-refractivity contribution >= 4 is 33.0 Å². The molecule has 0 bridgehead atoms. The van der Waals surface area contributed by atoms with E-state index < -0.39 is 16.0 Å². The Kier molecular flexibility index (Phi) is 5.59. The van der Waals surface area contributed by atoms with E-state index in [9.17, 15) is 13.2 Å². The van der Waals surface area contributed by atoms with E-state index in [1.54, 1.807) is 23.6 Å². The first-order valence-electron chi connectivity index (χ1n) is 8.73. The van der Waals surface area contributed by atoms with Gasteiger partial charge in [0.05, 0.1) is 11.3 Å². The van der Waals surface area contributed by atoms with E-state index in [2.05, 4.69) is 14.9 Å². The summed E-state index contributed by atoms with van der Waals surface area (Å²) in [5, 5.41) is 5.52. The van der Waals surface area contributed by atoms with Crippen LogP contribution >= 0.6 is 11.3 Å². The van der Waals surface area contributed by atoms with Crippen molar-refractivity contribution in [3.05, 3.63) is 83.6 Å². The Balaban J connectivity index is 1.46. The van der Waals surface area contributed by atoms with Crippen LogP contribution in [0, 0.1) is 0 Å². The van der Waals surface area contributed by atoms with Gasteiger partial charge in [-0.15, -0.1) is 11.3 Å². The average molecular weight is 441 g/mol. The number of anilines is 1. The Morgan fingerprint density at radius 1 is 1.03 bits per heavy atom. The van der Waals surface area contributed by atoms with Gasteiger partial charge in [-0.2, -0.15) is 4.98 Å². The lowest BCUT2D eigenvalue weighted by Crippen LogP contribution is -2.15. The molecule has 152 valence electrons. The maximum atomic E-state index is 12.5. The maximum absolute atomic E-state index is 12.5. The quantitative estimate of drug-likeness (QED) is 0.432. The highest BCUT2D eigenvalue weighted by molar-refractivity contribution is 7.94. The Morgan fingerprint density at radius 3 is 2.57 bits per heavy atom. The number of para-hydroxylation sites is 1. The molecule has 0 spiro atoms. The molecule has 8 nitrogen and oxygen atoms in total. The Morgan fingerprint density at radius 2 is 1.80 bits per heavy atom. The van der Waals surface area contributed by atoms with Crippen molar-refractivity contribution in [2.45, 2.75) is 10.8 Å². The lowest BCUT2D eigenvalue weighted by molar-refractivity contribution is 0.0431. The van der Waals surface area contributed by atoms with E-state index in [0.717, 1.165) is 16.9 Å². The first kappa shape index (κ1) is 19.8. The smallest absolute Gasteiger partial charge is 0.340 e. The van der Waals surface area contributed by atoms with E-state index in [1.165, 1.54) is 18.2 Å². The molecule has 4 rings (SSSR count). The summed E-state index contributed by atoms with van der Waals surface area (Å²) in [6.07, 6.45) is 0. The molecule has 0 aliphatic rings. The number of hydrogen-bond acceptors (Lipinski definition) is 8. The van der Waals surface area contributed by atoms with Gasteiger partial charge in [-0.05, 0) is 23.6 Å². The number of hydrogen-bond donors (Lipinski definition) is 1. The molecule has 0 aliphatic carbocycles. The highest BCUT2D eigenvalue weighted by Crippen LogP contribution is 2.24. The highest BCUT2D eigenvalue weighted by Gasteiger charge is 2.20. The van der Waals surface area contributed by atoms with Crippen LogP contribution in [0.15, 0.2) is 80.8 Å². The third-order valence-corrected chi connectivity index (χ3v) is 6.74. The number of nitrogens with zero attached hydrogens (tertiary/aromatic N) is 2. The predicted octanol–water partition coefficient (Wildman–Crippen LogP) is 3.96. The summed E-state index contributed by atoms with van der Waals surface area (Å²) in [5.74, 6) is -0.219. The van der Waals surface area contributed by atoms with Crippen LogP contribution in [-0.2, 0) is 21.4 Å². The van der Waals surface area contributed by atoms with Crippen molar-refractivity contribution in [3.63, 3.8) is 0 Å². The summed E-state index contributed by atoms with van der Waals surface area (Å²) in [6, 6.07) is 18.5. The van der Waals surface area contributed by atoms with Gasteiger partial charge in [0.1, 0.15) is 4.21 Å². The Bertz CT molecular complexity index is 1250. The molecule has 0 fully saturated rings. The molecule has 2 heterocycles. The second-order valence-electron chi connectivity index (χ2n) is 6.04. The molecular weight excluding hydrogens is 426 g/mol. The fraction of sp³-hybridized carbons (Fsp3) is 0.0500. The zero-order valence-corrected chi connectivity index (χ0v) is 17.0. The molecule has 0 atom stereocenters. The number of esters is 1. The van der Waals surface area contributed by atoms with Gasteiger partial charge < -0.3 is 9.26 Å². The average Bonchev–Trinajstić information content (AvgIpc) is 3.45. The van der Waals surface area contributed by atoms with Crippen molar-refractivity contribution in [3.8, 4) is 11.4 Å². The number of thiophene rings is 1. The van der Waals surface area contributed by atoms with Gasteiger partial charge in [-0.1, -0.05) is 53.7 Å². The van der Waals surface area contributed by atoms with Crippen molar-refractivity contribution in [2.75, 3.05) is 4.72 Å². The predicted molar refractivity (Wildman–Crippen MR) is 110 cm³/mol. The first-order chi connectivity index (χ1) is 14.5. The van der Waals surface area contributed by atoms with Gasteiger partial charge in [0.25, 0.3) is 15.9 Å². The number of rotatable bonds is 7. The molecule has 1 N–H and O–H groups in total. The van der Waals surface area contributed by atoms with Gasteiger partial charge >= 0.3 is 5.97 Å². The van der Waals surface area contributed by atoms with E-state index in [4.69, 9.17) is 9.26 Å². The Labute approximate surface area is 176 Å². The van der Waals surface area contributed by atoms with Gasteiger partial charge in [0, 0.05) is 5.56 Å². The van der Waals surface area contributed by atoms with E-state index in [1.807, 2.05) is 30.3 Å². The molecular formula is C20H15N3O5S2. The number of benzene rings is 2. The van der Waals surface area contributed by atoms with E-state index in [0.29, 0.717) is 5.82 Å². The molecule has 0 radical (unpaired) electrons. The second-order valence-corrected chi connectivity index (χ2v) is 8.89. The third kappa shape index (κ3) is 4.39. The second kappa shape index (κ2) is 8.47. The van der Waals surface area contributed by atoms with E-state index in [-0.39, 0.29) is 28.0 Å².